The minimum absolute atomic E-state index is 0.186. The fourth-order valence-corrected chi connectivity index (χ4v) is 2.56. The van der Waals surface area contributed by atoms with E-state index in [4.69, 9.17) is 9.47 Å². The maximum absolute atomic E-state index is 12.2. The number of H-pyrrole nitrogens is 1. The molecule has 1 heterocycles. The first kappa shape index (κ1) is 19.5. The molecule has 2 rings (SSSR count). The van der Waals surface area contributed by atoms with E-state index in [0.717, 1.165) is 5.56 Å². The van der Waals surface area contributed by atoms with Gasteiger partial charge in [-0.25, -0.2) is 14.6 Å². The van der Waals surface area contributed by atoms with E-state index >= 15 is 0 Å². The predicted molar refractivity (Wildman–Crippen MR) is 96.6 cm³/mol. The van der Waals surface area contributed by atoms with Crippen molar-refractivity contribution in [3.63, 3.8) is 0 Å². The molecule has 0 aliphatic heterocycles. The van der Waals surface area contributed by atoms with Gasteiger partial charge >= 0.3 is 12.1 Å². The number of nitrogens with one attached hydrogen (secondary N) is 2. The zero-order valence-corrected chi connectivity index (χ0v) is 15.5. The molecule has 0 aliphatic carbocycles. The summed E-state index contributed by atoms with van der Waals surface area (Å²) in [4.78, 5) is 31.3. The third-order valence-electron chi connectivity index (χ3n) is 3.82. The molecule has 0 bridgehead atoms. The number of rotatable bonds is 7. The van der Waals surface area contributed by atoms with Crippen LogP contribution in [0.15, 0.2) is 30.3 Å². The average molecular weight is 359 g/mol. The highest BCUT2D eigenvalue weighted by Crippen LogP contribution is 2.21. The lowest BCUT2D eigenvalue weighted by Crippen LogP contribution is -2.30. The first-order chi connectivity index (χ1) is 12.4. The highest BCUT2D eigenvalue weighted by atomic mass is 16.5. The lowest BCUT2D eigenvalue weighted by atomic mass is 10.0. The maximum atomic E-state index is 12.2. The number of aromatic nitrogens is 2. The first-order valence-corrected chi connectivity index (χ1v) is 8.52. The van der Waals surface area contributed by atoms with Crippen molar-refractivity contribution in [2.75, 3.05) is 7.11 Å². The minimum Gasteiger partial charge on any atom is -0.464 e. The number of amides is 1. The van der Waals surface area contributed by atoms with E-state index in [0.29, 0.717) is 23.9 Å². The highest BCUT2D eigenvalue weighted by molar-refractivity contribution is 5.88. The lowest BCUT2D eigenvalue weighted by Gasteiger charge is -2.18. The van der Waals surface area contributed by atoms with Crippen LogP contribution in [0.25, 0.3) is 0 Å². The smallest absolute Gasteiger partial charge is 0.408 e. The third-order valence-corrected chi connectivity index (χ3v) is 3.82. The molecule has 0 spiro atoms. The Hall–Kier alpha value is -2.83. The molecule has 26 heavy (non-hydrogen) atoms. The molecule has 1 aromatic carbocycles. The zero-order chi connectivity index (χ0) is 19.1. The van der Waals surface area contributed by atoms with Gasteiger partial charge in [-0.3, -0.25) is 0 Å². The van der Waals surface area contributed by atoms with Gasteiger partial charge in [0.2, 0.25) is 0 Å². The van der Waals surface area contributed by atoms with Crippen LogP contribution < -0.4 is 5.32 Å². The van der Waals surface area contributed by atoms with Gasteiger partial charge in [0.25, 0.3) is 0 Å². The highest BCUT2D eigenvalue weighted by Gasteiger charge is 2.23. The quantitative estimate of drug-likeness (QED) is 0.738. The standard InChI is InChI=1S/C19H25N3O4/c1-12(2)10-15(17-20-13(3)16(22-17)18(23)25-4)21-19(24)26-11-14-8-6-5-7-9-14/h5-9,12,15H,10-11H2,1-4H3,(H,20,22)(H,21,24)/t15-/m1/s1. The van der Waals surface area contributed by atoms with Crippen LogP contribution in [0.4, 0.5) is 4.79 Å². The molecule has 0 fully saturated rings. The molecule has 1 atom stereocenters. The van der Waals surface area contributed by atoms with Crippen molar-refractivity contribution in [2.45, 2.75) is 39.8 Å². The Bertz CT molecular complexity index is 740. The van der Waals surface area contributed by atoms with Crippen molar-refractivity contribution in [3.05, 3.63) is 53.1 Å². The molecule has 0 aliphatic rings. The van der Waals surface area contributed by atoms with Crippen molar-refractivity contribution >= 4 is 12.1 Å². The number of esters is 1. The maximum Gasteiger partial charge on any atom is 0.408 e. The number of alkyl carbamates (subject to hydrolysis) is 1. The molecule has 0 saturated heterocycles. The monoisotopic (exact) mass is 359 g/mol. The van der Waals surface area contributed by atoms with Gasteiger partial charge < -0.3 is 19.8 Å². The number of imidazole rings is 1. The summed E-state index contributed by atoms with van der Waals surface area (Å²) >= 11 is 0. The van der Waals surface area contributed by atoms with E-state index in [1.54, 1.807) is 6.92 Å². The van der Waals surface area contributed by atoms with Gasteiger partial charge in [-0.05, 0) is 24.8 Å². The number of methoxy groups -OCH3 is 1. The van der Waals surface area contributed by atoms with Crippen LogP contribution >= 0.6 is 0 Å². The number of aromatic amines is 1. The SMILES string of the molecule is COC(=O)c1nc([C@@H](CC(C)C)NC(=O)OCc2ccccc2)[nH]c1C. The summed E-state index contributed by atoms with van der Waals surface area (Å²) < 4.78 is 10.0. The molecule has 7 nitrogen and oxygen atoms in total. The summed E-state index contributed by atoms with van der Waals surface area (Å²) in [7, 11) is 1.31. The van der Waals surface area contributed by atoms with E-state index in [9.17, 15) is 9.59 Å². The summed E-state index contributed by atoms with van der Waals surface area (Å²) in [6.45, 7) is 6.01. The van der Waals surface area contributed by atoms with Crippen LogP contribution in [-0.4, -0.2) is 29.1 Å². The van der Waals surface area contributed by atoms with Crippen LogP contribution in [0.2, 0.25) is 0 Å². The summed E-state index contributed by atoms with van der Waals surface area (Å²) in [5.74, 6) is 0.301. The van der Waals surface area contributed by atoms with Crippen LogP contribution in [-0.2, 0) is 16.1 Å². The van der Waals surface area contributed by atoms with Gasteiger partial charge in [0, 0.05) is 5.69 Å². The number of ether oxygens (including phenoxy) is 2. The van der Waals surface area contributed by atoms with Gasteiger partial charge in [-0.2, -0.15) is 0 Å². The van der Waals surface area contributed by atoms with Gasteiger partial charge in [-0.1, -0.05) is 44.2 Å². The van der Waals surface area contributed by atoms with Crippen molar-refractivity contribution < 1.29 is 19.1 Å². The van der Waals surface area contributed by atoms with E-state index < -0.39 is 18.1 Å². The number of hydrogen-bond acceptors (Lipinski definition) is 5. The summed E-state index contributed by atoms with van der Waals surface area (Å²) in [5, 5.41) is 2.83. The first-order valence-electron chi connectivity index (χ1n) is 8.52. The Morgan fingerprint density at radius 3 is 2.54 bits per heavy atom. The number of nitrogens with zero attached hydrogens (tertiary/aromatic N) is 1. The van der Waals surface area contributed by atoms with Crippen molar-refractivity contribution in [1.29, 1.82) is 0 Å². The predicted octanol–water partition coefficient (Wildman–Crippen LogP) is 3.52. The number of benzene rings is 1. The largest absolute Gasteiger partial charge is 0.464 e. The number of hydrogen-bond donors (Lipinski definition) is 2. The van der Waals surface area contributed by atoms with E-state index in [1.807, 2.05) is 44.2 Å². The van der Waals surface area contributed by atoms with E-state index in [1.165, 1.54) is 7.11 Å². The normalized spacial score (nSPS) is 11.9. The molecule has 0 unspecified atom stereocenters. The molecule has 2 aromatic rings. The molecule has 1 amide bonds. The molecule has 7 heteroatoms. The summed E-state index contributed by atoms with van der Waals surface area (Å²) in [6, 6.07) is 9.06. The summed E-state index contributed by atoms with van der Waals surface area (Å²) in [5.41, 5.74) is 1.72. The van der Waals surface area contributed by atoms with E-state index in [-0.39, 0.29) is 12.3 Å². The van der Waals surface area contributed by atoms with Gasteiger partial charge in [0.05, 0.1) is 13.2 Å². The molecule has 2 N–H and O–H groups in total. The Labute approximate surface area is 153 Å². The van der Waals surface area contributed by atoms with Gasteiger partial charge in [0.15, 0.2) is 5.69 Å². The fourth-order valence-electron chi connectivity index (χ4n) is 2.56. The van der Waals surface area contributed by atoms with Crippen molar-refractivity contribution in [1.82, 2.24) is 15.3 Å². The third kappa shape index (κ3) is 5.34. The molecule has 140 valence electrons. The number of carbonyl (C=O) groups is 2. The second kappa shape index (κ2) is 9.03. The lowest BCUT2D eigenvalue weighted by molar-refractivity contribution is 0.0593. The van der Waals surface area contributed by atoms with Crippen LogP contribution in [0.1, 0.15) is 53.9 Å². The van der Waals surface area contributed by atoms with E-state index in [2.05, 4.69) is 15.3 Å². The Morgan fingerprint density at radius 2 is 1.92 bits per heavy atom. The van der Waals surface area contributed by atoms with Crippen molar-refractivity contribution in [3.8, 4) is 0 Å². The number of aryl methyl sites for hydroxylation is 1. The Balaban J connectivity index is 2.07. The molecule has 0 radical (unpaired) electrons. The summed E-state index contributed by atoms with van der Waals surface area (Å²) in [6.07, 6.45) is 0.113. The van der Waals surface area contributed by atoms with Crippen LogP contribution in [0.3, 0.4) is 0 Å². The molecular weight excluding hydrogens is 334 g/mol. The average Bonchev–Trinajstić information content (AvgIpc) is 3.01. The van der Waals surface area contributed by atoms with Gasteiger partial charge in [-0.15, -0.1) is 0 Å². The fraction of sp³-hybridized carbons (Fsp3) is 0.421. The molecular formula is C19H25N3O4. The Morgan fingerprint density at radius 1 is 1.23 bits per heavy atom. The van der Waals surface area contributed by atoms with Crippen molar-refractivity contribution in [2.24, 2.45) is 5.92 Å². The molecule has 1 aromatic heterocycles. The van der Waals surface area contributed by atoms with Crippen LogP contribution in [0.5, 0.6) is 0 Å². The Kier molecular flexibility index (Phi) is 6.77. The topological polar surface area (TPSA) is 93.3 Å². The molecule has 0 saturated carbocycles. The number of carbonyl (C=O) groups excluding carboxylic acids is 2. The van der Waals surface area contributed by atoms with Crippen LogP contribution in [0, 0.1) is 12.8 Å². The van der Waals surface area contributed by atoms with Gasteiger partial charge in [0.1, 0.15) is 12.4 Å². The second-order valence-corrected chi connectivity index (χ2v) is 6.48. The minimum atomic E-state index is -0.534. The zero-order valence-electron chi connectivity index (χ0n) is 15.5. The second-order valence-electron chi connectivity index (χ2n) is 6.48.